The molecule has 0 aromatic carbocycles. The highest BCUT2D eigenvalue weighted by atomic mass is 15.3. The van der Waals surface area contributed by atoms with Gasteiger partial charge in [0.25, 0.3) is 0 Å². The Morgan fingerprint density at radius 2 is 2.00 bits per heavy atom. The van der Waals surface area contributed by atoms with Gasteiger partial charge in [-0.25, -0.2) is 0 Å². The van der Waals surface area contributed by atoms with E-state index in [0.717, 1.165) is 24.0 Å². The summed E-state index contributed by atoms with van der Waals surface area (Å²) in [6, 6.07) is 2.91. The molecule has 0 amide bonds. The van der Waals surface area contributed by atoms with Crippen LogP contribution in [0.15, 0.2) is 0 Å². The molecule has 0 spiro atoms. The minimum Gasteiger partial charge on any atom is -0.294 e. The first-order chi connectivity index (χ1) is 5.86. The minimum absolute atomic E-state index is 0.906. The molecule has 12 heavy (non-hydrogen) atoms. The predicted molar refractivity (Wildman–Crippen MR) is 50.1 cm³/mol. The van der Waals surface area contributed by atoms with E-state index in [1.807, 2.05) is 0 Å². The summed E-state index contributed by atoms with van der Waals surface area (Å²) < 4.78 is 0. The molecule has 3 fully saturated rings. The summed E-state index contributed by atoms with van der Waals surface area (Å²) in [4.78, 5) is 2.86. The summed E-state index contributed by atoms with van der Waals surface area (Å²) in [6.07, 6.45) is 9.04. The predicted octanol–water partition coefficient (Wildman–Crippen LogP) is 2.41. The number of nitrogens with zero attached hydrogens (tertiary/aromatic N) is 1. The van der Waals surface area contributed by atoms with Crippen LogP contribution in [-0.2, 0) is 0 Å². The Kier molecular flexibility index (Phi) is 1.52. The molecule has 2 aliphatic heterocycles. The molecule has 0 aromatic rings. The molecule has 3 rings (SSSR count). The third-order valence-corrected chi connectivity index (χ3v) is 4.42. The smallest absolute Gasteiger partial charge is 0.0130 e. The van der Waals surface area contributed by atoms with Crippen molar-refractivity contribution in [1.82, 2.24) is 4.90 Å². The SMILES string of the molecule is C[C@@H]1CC[C@@H]2C[C@@H]3CCC[C@@H]3N21. The summed E-state index contributed by atoms with van der Waals surface area (Å²) >= 11 is 0. The van der Waals surface area contributed by atoms with Crippen molar-refractivity contribution in [3.63, 3.8) is 0 Å². The molecule has 1 heteroatoms. The second kappa shape index (κ2) is 2.47. The molecule has 0 unspecified atom stereocenters. The van der Waals surface area contributed by atoms with Crippen LogP contribution in [0.5, 0.6) is 0 Å². The van der Waals surface area contributed by atoms with E-state index >= 15 is 0 Å². The van der Waals surface area contributed by atoms with Gasteiger partial charge in [0.15, 0.2) is 0 Å². The highest BCUT2D eigenvalue weighted by Crippen LogP contribution is 2.46. The highest BCUT2D eigenvalue weighted by Gasteiger charge is 2.47. The minimum atomic E-state index is 0.906. The van der Waals surface area contributed by atoms with Gasteiger partial charge in [0.2, 0.25) is 0 Å². The van der Waals surface area contributed by atoms with Crippen LogP contribution in [0, 0.1) is 5.92 Å². The fourth-order valence-electron chi connectivity index (χ4n) is 3.96. The Labute approximate surface area is 75.1 Å². The zero-order valence-corrected chi connectivity index (χ0v) is 8.00. The van der Waals surface area contributed by atoms with E-state index in [1.54, 1.807) is 0 Å². The monoisotopic (exact) mass is 165 g/mol. The molecule has 0 aromatic heterocycles. The lowest BCUT2D eigenvalue weighted by atomic mass is 9.99. The molecular weight excluding hydrogens is 146 g/mol. The van der Waals surface area contributed by atoms with Crippen molar-refractivity contribution in [2.24, 2.45) is 5.92 Å². The van der Waals surface area contributed by atoms with Crippen LogP contribution < -0.4 is 0 Å². The average Bonchev–Trinajstić information content (AvgIpc) is 2.61. The van der Waals surface area contributed by atoms with Gasteiger partial charge in [-0.3, -0.25) is 4.90 Å². The molecule has 1 nitrogen and oxygen atoms in total. The number of fused-ring (bicyclic) bond motifs is 3. The van der Waals surface area contributed by atoms with Gasteiger partial charge in [0.1, 0.15) is 0 Å². The van der Waals surface area contributed by atoms with Crippen LogP contribution in [-0.4, -0.2) is 23.0 Å². The zero-order chi connectivity index (χ0) is 8.13. The van der Waals surface area contributed by atoms with E-state index in [1.165, 1.54) is 38.5 Å². The Morgan fingerprint density at radius 3 is 2.92 bits per heavy atom. The maximum absolute atomic E-state index is 2.86. The molecule has 0 bridgehead atoms. The van der Waals surface area contributed by atoms with Crippen molar-refractivity contribution in [3.8, 4) is 0 Å². The van der Waals surface area contributed by atoms with Gasteiger partial charge in [0, 0.05) is 18.1 Å². The van der Waals surface area contributed by atoms with Crippen molar-refractivity contribution in [3.05, 3.63) is 0 Å². The van der Waals surface area contributed by atoms with Gasteiger partial charge < -0.3 is 0 Å². The second-order valence-electron chi connectivity index (χ2n) is 5.02. The molecule has 1 saturated carbocycles. The molecule has 0 N–H and O–H groups in total. The normalized spacial score (nSPS) is 52.8. The number of hydrogen-bond donors (Lipinski definition) is 0. The van der Waals surface area contributed by atoms with Crippen molar-refractivity contribution in [1.29, 1.82) is 0 Å². The van der Waals surface area contributed by atoms with Crippen molar-refractivity contribution in [2.75, 3.05) is 0 Å². The van der Waals surface area contributed by atoms with Crippen molar-refractivity contribution >= 4 is 0 Å². The number of hydrogen-bond acceptors (Lipinski definition) is 1. The van der Waals surface area contributed by atoms with Gasteiger partial charge in [0.05, 0.1) is 0 Å². The van der Waals surface area contributed by atoms with Gasteiger partial charge >= 0.3 is 0 Å². The fourth-order valence-corrected chi connectivity index (χ4v) is 3.96. The van der Waals surface area contributed by atoms with E-state index in [0.29, 0.717) is 0 Å². The Balaban J connectivity index is 1.85. The lowest BCUT2D eigenvalue weighted by Crippen LogP contribution is -2.36. The van der Waals surface area contributed by atoms with Crippen LogP contribution >= 0.6 is 0 Å². The molecule has 2 saturated heterocycles. The van der Waals surface area contributed by atoms with Crippen molar-refractivity contribution in [2.45, 2.75) is 63.6 Å². The first-order valence-electron chi connectivity index (χ1n) is 5.63. The van der Waals surface area contributed by atoms with Gasteiger partial charge in [-0.1, -0.05) is 6.42 Å². The third-order valence-electron chi connectivity index (χ3n) is 4.42. The Hall–Kier alpha value is -0.0400. The molecule has 4 atom stereocenters. The van der Waals surface area contributed by atoms with E-state index in [2.05, 4.69) is 11.8 Å². The maximum atomic E-state index is 2.86. The molecule has 2 heterocycles. The first kappa shape index (κ1) is 7.37. The van der Waals surface area contributed by atoms with Crippen LogP contribution in [0.3, 0.4) is 0 Å². The first-order valence-corrected chi connectivity index (χ1v) is 5.63. The van der Waals surface area contributed by atoms with E-state index in [9.17, 15) is 0 Å². The summed E-state index contributed by atoms with van der Waals surface area (Å²) in [6.45, 7) is 2.43. The summed E-state index contributed by atoms with van der Waals surface area (Å²) in [5.74, 6) is 1.10. The van der Waals surface area contributed by atoms with E-state index in [-0.39, 0.29) is 0 Å². The average molecular weight is 165 g/mol. The molecule has 3 aliphatic rings. The van der Waals surface area contributed by atoms with Gasteiger partial charge in [-0.2, -0.15) is 0 Å². The molecular formula is C11H19N. The van der Waals surface area contributed by atoms with Crippen LogP contribution in [0.4, 0.5) is 0 Å². The van der Waals surface area contributed by atoms with E-state index in [4.69, 9.17) is 0 Å². The lowest BCUT2D eigenvalue weighted by molar-refractivity contribution is 0.184. The molecule has 0 radical (unpaired) electrons. The lowest BCUT2D eigenvalue weighted by Gasteiger charge is -2.27. The summed E-state index contributed by atoms with van der Waals surface area (Å²) in [5.41, 5.74) is 0. The standard InChI is InChI=1S/C11H19N/c1-8-5-6-10-7-9-3-2-4-11(9)12(8)10/h8-11H,2-7H2,1H3/t8-,9+,10-,11+/m1/s1. The van der Waals surface area contributed by atoms with Gasteiger partial charge in [-0.15, -0.1) is 0 Å². The largest absolute Gasteiger partial charge is 0.294 e. The highest BCUT2D eigenvalue weighted by molar-refractivity contribution is 5.02. The Bertz CT molecular complexity index is 189. The fraction of sp³-hybridized carbons (Fsp3) is 1.00. The second-order valence-corrected chi connectivity index (χ2v) is 5.02. The van der Waals surface area contributed by atoms with Gasteiger partial charge in [-0.05, 0) is 44.9 Å². The molecule has 68 valence electrons. The zero-order valence-electron chi connectivity index (χ0n) is 8.00. The van der Waals surface area contributed by atoms with Crippen molar-refractivity contribution < 1.29 is 0 Å². The molecule has 1 aliphatic carbocycles. The van der Waals surface area contributed by atoms with Crippen LogP contribution in [0.25, 0.3) is 0 Å². The maximum Gasteiger partial charge on any atom is 0.0130 e. The van der Waals surface area contributed by atoms with Crippen LogP contribution in [0.2, 0.25) is 0 Å². The summed E-state index contributed by atoms with van der Waals surface area (Å²) in [7, 11) is 0. The summed E-state index contributed by atoms with van der Waals surface area (Å²) in [5, 5.41) is 0. The number of rotatable bonds is 0. The van der Waals surface area contributed by atoms with E-state index < -0.39 is 0 Å². The topological polar surface area (TPSA) is 3.24 Å². The Morgan fingerprint density at radius 1 is 1.08 bits per heavy atom. The quantitative estimate of drug-likeness (QED) is 0.533. The van der Waals surface area contributed by atoms with Crippen LogP contribution in [0.1, 0.15) is 45.4 Å². The third kappa shape index (κ3) is 0.834.